The second kappa shape index (κ2) is 5.09. The van der Waals surface area contributed by atoms with E-state index in [-0.39, 0.29) is 22.7 Å². The first kappa shape index (κ1) is 14.5. The van der Waals surface area contributed by atoms with Crippen molar-refractivity contribution in [2.24, 2.45) is 0 Å². The lowest BCUT2D eigenvalue weighted by molar-refractivity contribution is -0.143. The van der Waals surface area contributed by atoms with Crippen LogP contribution in [0.4, 0.5) is 0 Å². The van der Waals surface area contributed by atoms with Crippen LogP contribution in [0.15, 0.2) is 16.5 Å². The fourth-order valence-electron chi connectivity index (χ4n) is 3.14. The molecule has 2 atom stereocenters. The first-order valence-corrected chi connectivity index (χ1v) is 8.16. The van der Waals surface area contributed by atoms with Gasteiger partial charge in [-0.1, -0.05) is 0 Å². The minimum atomic E-state index is -0.337. The van der Waals surface area contributed by atoms with E-state index >= 15 is 0 Å². The fourth-order valence-corrected chi connectivity index (χ4v) is 4.56. The Bertz CT molecular complexity index is 585. The first-order chi connectivity index (χ1) is 9.90. The lowest BCUT2D eigenvalue weighted by atomic mass is 10.2. The zero-order chi connectivity index (χ0) is 15.2. The topological polar surface area (TPSA) is 53.8 Å². The van der Waals surface area contributed by atoms with Gasteiger partial charge in [0.05, 0.1) is 11.4 Å². The molecule has 2 saturated heterocycles. The van der Waals surface area contributed by atoms with Crippen molar-refractivity contribution < 1.29 is 14.0 Å². The maximum Gasteiger partial charge on any atom is 0.246 e. The number of amides is 2. The molecular weight excluding hydrogens is 288 g/mol. The summed E-state index contributed by atoms with van der Waals surface area (Å²) >= 11 is 1.72. The zero-order valence-electron chi connectivity index (χ0n) is 12.6. The van der Waals surface area contributed by atoms with E-state index in [1.165, 1.54) is 0 Å². The van der Waals surface area contributed by atoms with E-state index in [1.54, 1.807) is 28.6 Å². The Labute approximate surface area is 128 Å². The van der Waals surface area contributed by atoms with Crippen LogP contribution >= 0.6 is 11.8 Å². The number of furan rings is 1. The normalized spacial score (nSPS) is 28.0. The Kier molecular flexibility index (Phi) is 3.51. The number of likely N-dealkylation sites (N-methyl/N-ethyl adjacent to an activating group) is 1. The molecule has 0 aromatic carbocycles. The second-order valence-electron chi connectivity index (χ2n) is 5.97. The van der Waals surface area contributed by atoms with Crippen LogP contribution in [0.5, 0.6) is 0 Å². The van der Waals surface area contributed by atoms with Gasteiger partial charge in [0.1, 0.15) is 17.6 Å². The number of thioether (sulfide) groups is 1. The summed E-state index contributed by atoms with van der Waals surface area (Å²) in [6.45, 7) is 4.38. The van der Waals surface area contributed by atoms with Gasteiger partial charge in [0.15, 0.2) is 0 Å². The van der Waals surface area contributed by atoms with Crippen molar-refractivity contribution in [2.45, 2.75) is 44.1 Å². The number of carbonyl (C=O) groups is 2. The molecular formula is C15H20N2O3S. The minimum absolute atomic E-state index is 0.00414. The summed E-state index contributed by atoms with van der Waals surface area (Å²) in [6.07, 6.45) is 1.38. The molecule has 3 heterocycles. The van der Waals surface area contributed by atoms with Crippen LogP contribution in [-0.2, 0) is 16.1 Å². The highest BCUT2D eigenvalue weighted by Gasteiger charge is 2.53. The zero-order valence-corrected chi connectivity index (χ0v) is 13.4. The van der Waals surface area contributed by atoms with Gasteiger partial charge < -0.3 is 14.2 Å². The average molecular weight is 308 g/mol. The molecule has 0 spiro atoms. The lowest BCUT2D eigenvalue weighted by Gasteiger charge is -2.31. The van der Waals surface area contributed by atoms with E-state index in [0.29, 0.717) is 18.7 Å². The molecule has 0 bridgehead atoms. The van der Waals surface area contributed by atoms with Crippen LogP contribution in [0.2, 0.25) is 0 Å². The van der Waals surface area contributed by atoms with Crippen molar-refractivity contribution in [3.63, 3.8) is 0 Å². The van der Waals surface area contributed by atoms with Gasteiger partial charge in [0, 0.05) is 19.2 Å². The van der Waals surface area contributed by atoms with E-state index < -0.39 is 0 Å². The van der Waals surface area contributed by atoms with Gasteiger partial charge in [-0.15, -0.1) is 11.8 Å². The van der Waals surface area contributed by atoms with Crippen LogP contribution < -0.4 is 0 Å². The molecule has 0 radical (unpaired) electrons. The van der Waals surface area contributed by atoms with Gasteiger partial charge >= 0.3 is 0 Å². The standard InChI is InChI=1S/C15H20N2O3S/c1-10-4-5-11(20-10)8-16(3)14(19)12-9-21-15(2)7-6-13(18)17(12)15/h4-5,12H,6-9H2,1-3H3/t12-,15+/m0/s1. The number of nitrogens with zero attached hydrogens (tertiary/aromatic N) is 2. The third kappa shape index (κ3) is 2.46. The van der Waals surface area contributed by atoms with Gasteiger partial charge in [-0.05, 0) is 32.4 Å². The van der Waals surface area contributed by atoms with E-state index in [0.717, 1.165) is 17.9 Å². The quantitative estimate of drug-likeness (QED) is 0.857. The number of fused-ring (bicyclic) bond motifs is 1. The number of hydrogen-bond donors (Lipinski definition) is 0. The highest BCUT2D eigenvalue weighted by molar-refractivity contribution is 8.01. The maximum absolute atomic E-state index is 12.7. The Morgan fingerprint density at radius 1 is 1.57 bits per heavy atom. The number of carbonyl (C=O) groups excluding carboxylic acids is 2. The van der Waals surface area contributed by atoms with Crippen molar-refractivity contribution in [3.05, 3.63) is 23.7 Å². The largest absolute Gasteiger partial charge is 0.464 e. The van der Waals surface area contributed by atoms with Crippen LogP contribution in [0.3, 0.4) is 0 Å². The predicted octanol–water partition coefficient (Wildman–Crippen LogP) is 2.00. The lowest BCUT2D eigenvalue weighted by Crippen LogP contribution is -2.50. The van der Waals surface area contributed by atoms with E-state index in [9.17, 15) is 9.59 Å². The molecule has 3 rings (SSSR count). The molecule has 0 unspecified atom stereocenters. The second-order valence-corrected chi connectivity index (χ2v) is 7.47. The maximum atomic E-state index is 12.7. The van der Waals surface area contributed by atoms with Crippen LogP contribution in [-0.4, -0.2) is 45.3 Å². The molecule has 114 valence electrons. The molecule has 1 aromatic heterocycles. The molecule has 2 aliphatic heterocycles. The SMILES string of the molecule is Cc1ccc(CN(C)C(=O)[C@@H]2CS[C@]3(C)CCC(=O)N23)o1. The van der Waals surface area contributed by atoms with Crippen LogP contribution in [0, 0.1) is 6.92 Å². The molecule has 21 heavy (non-hydrogen) atoms. The number of rotatable bonds is 3. The monoisotopic (exact) mass is 308 g/mol. The highest BCUT2D eigenvalue weighted by Crippen LogP contribution is 2.47. The van der Waals surface area contributed by atoms with Crippen LogP contribution in [0.1, 0.15) is 31.3 Å². The molecule has 6 heteroatoms. The summed E-state index contributed by atoms with van der Waals surface area (Å²) in [6, 6.07) is 3.43. The predicted molar refractivity (Wildman–Crippen MR) is 80.7 cm³/mol. The third-order valence-electron chi connectivity index (χ3n) is 4.30. The summed E-state index contributed by atoms with van der Waals surface area (Å²) in [5, 5.41) is 0. The van der Waals surface area contributed by atoms with Gasteiger partial charge in [-0.3, -0.25) is 9.59 Å². The average Bonchev–Trinajstić information content (AvgIpc) is 3.06. The van der Waals surface area contributed by atoms with E-state index in [2.05, 4.69) is 6.92 Å². The van der Waals surface area contributed by atoms with Gasteiger partial charge in [-0.25, -0.2) is 0 Å². The molecule has 0 N–H and O–H groups in total. The first-order valence-electron chi connectivity index (χ1n) is 7.17. The van der Waals surface area contributed by atoms with Crippen molar-refractivity contribution in [1.82, 2.24) is 9.80 Å². The summed E-state index contributed by atoms with van der Waals surface area (Å²) in [5.41, 5.74) is 0. The highest BCUT2D eigenvalue weighted by atomic mass is 32.2. The Morgan fingerprint density at radius 2 is 2.33 bits per heavy atom. The summed E-state index contributed by atoms with van der Waals surface area (Å²) < 4.78 is 5.51. The number of aryl methyl sites for hydroxylation is 1. The number of hydrogen-bond acceptors (Lipinski definition) is 4. The molecule has 2 amide bonds. The summed E-state index contributed by atoms with van der Waals surface area (Å²) in [4.78, 5) is 28.0. The van der Waals surface area contributed by atoms with E-state index in [1.807, 2.05) is 19.1 Å². The third-order valence-corrected chi connectivity index (χ3v) is 5.80. The Balaban J connectivity index is 1.71. The van der Waals surface area contributed by atoms with Crippen molar-refractivity contribution in [2.75, 3.05) is 12.8 Å². The molecule has 5 nitrogen and oxygen atoms in total. The summed E-state index contributed by atoms with van der Waals surface area (Å²) in [7, 11) is 1.76. The summed E-state index contributed by atoms with van der Waals surface area (Å²) in [5.74, 6) is 2.38. The van der Waals surface area contributed by atoms with Crippen molar-refractivity contribution in [3.8, 4) is 0 Å². The fraction of sp³-hybridized carbons (Fsp3) is 0.600. The molecule has 2 aliphatic rings. The molecule has 1 aromatic rings. The van der Waals surface area contributed by atoms with Gasteiger partial charge in [0.2, 0.25) is 11.8 Å². The van der Waals surface area contributed by atoms with Gasteiger partial charge in [0.25, 0.3) is 0 Å². The molecule has 0 saturated carbocycles. The molecule has 0 aliphatic carbocycles. The van der Waals surface area contributed by atoms with E-state index in [4.69, 9.17) is 4.42 Å². The molecule has 2 fully saturated rings. The minimum Gasteiger partial charge on any atom is -0.464 e. The Morgan fingerprint density at radius 3 is 3.00 bits per heavy atom. The van der Waals surface area contributed by atoms with Crippen molar-refractivity contribution >= 4 is 23.6 Å². The smallest absolute Gasteiger partial charge is 0.246 e. The van der Waals surface area contributed by atoms with Crippen molar-refractivity contribution in [1.29, 1.82) is 0 Å². The van der Waals surface area contributed by atoms with Gasteiger partial charge in [-0.2, -0.15) is 0 Å². The Hall–Kier alpha value is -1.43. The van der Waals surface area contributed by atoms with Crippen LogP contribution in [0.25, 0.3) is 0 Å².